The maximum atomic E-state index is 13.2. The molecule has 2 aliphatic heterocycles. The normalized spacial score (nSPS) is 26.1. The fraction of sp³-hybridized carbons (Fsp3) is 0.526. The van der Waals surface area contributed by atoms with Crippen molar-refractivity contribution in [2.75, 3.05) is 17.7 Å². The van der Waals surface area contributed by atoms with E-state index in [0.717, 1.165) is 0 Å². The van der Waals surface area contributed by atoms with Crippen LogP contribution in [0.3, 0.4) is 0 Å². The smallest absolute Gasteiger partial charge is 0.369 e. The predicted molar refractivity (Wildman–Crippen MR) is 162 cm³/mol. The number of nitrogens with one attached hydrogen (secondary N) is 2. The number of imidazole rings is 1. The Kier molecular flexibility index (Phi) is 9.88. The second-order valence-corrected chi connectivity index (χ2v) is 17.8. The van der Waals surface area contributed by atoms with E-state index in [1.54, 1.807) is 0 Å². The van der Waals surface area contributed by atoms with Crippen LogP contribution in [0.5, 0.6) is 0 Å². The molecule has 2 fully saturated rings. The van der Waals surface area contributed by atoms with Gasteiger partial charge in [0.25, 0.3) is 5.91 Å². The lowest BCUT2D eigenvalue weighted by Gasteiger charge is -2.22. The van der Waals surface area contributed by atoms with E-state index in [-0.39, 0.29) is 32.3 Å². The summed E-state index contributed by atoms with van der Waals surface area (Å²) in [7, 11) is -16.9. The average molecular weight is 812 g/mol. The second kappa shape index (κ2) is 12.7. The Balaban J connectivity index is 1.38. The van der Waals surface area contributed by atoms with Crippen LogP contribution < -0.4 is 11.1 Å². The minimum Gasteiger partial charge on any atom is -0.369 e. The summed E-state index contributed by atoms with van der Waals surface area (Å²) in [6, 6.07) is 0. The maximum Gasteiger partial charge on any atom is 0.490 e. The number of rotatable bonds is 10. The van der Waals surface area contributed by atoms with Gasteiger partial charge in [-0.25, -0.2) is 28.6 Å². The highest BCUT2D eigenvalue weighted by Gasteiger charge is 2.56. The first-order valence-electron chi connectivity index (χ1n) is 12.6. The highest BCUT2D eigenvalue weighted by Crippen LogP contribution is 2.66. The first kappa shape index (κ1) is 35.7. The molecule has 2 aliphatic rings. The Morgan fingerprint density at radius 2 is 1.83 bits per heavy atom. The number of thiazole rings is 1. The van der Waals surface area contributed by atoms with Gasteiger partial charge in [0, 0.05) is 5.41 Å². The second-order valence-electron chi connectivity index (χ2n) is 10.6. The van der Waals surface area contributed by atoms with Crippen molar-refractivity contribution in [2.24, 2.45) is 0 Å². The van der Waals surface area contributed by atoms with Crippen LogP contribution in [0.15, 0.2) is 10.1 Å². The summed E-state index contributed by atoms with van der Waals surface area (Å²) in [5.41, 5.74) is 6.67. The van der Waals surface area contributed by atoms with Crippen LogP contribution >= 0.6 is 63.0 Å². The lowest BCUT2D eigenvalue weighted by molar-refractivity contribution is -0.166. The fourth-order valence-electron chi connectivity index (χ4n) is 4.42. The number of nitrogens with two attached hydrogens (primary N) is 1. The van der Waals surface area contributed by atoms with Crippen LogP contribution in [0.2, 0.25) is 0 Å². The molecule has 7 unspecified atom stereocenters. The van der Waals surface area contributed by atoms with Crippen molar-refractivity contribution < 1.29 is 65.4 Å². The monoisotopic (exact) mass is 811 g/mol. The molecule has 2 saturated heterocycles. The Bertz CT molecular complexity index is 1880. The van der Waals surface area contributed by atoms with E-state index in [9.17, 15) is 28.3 Å². The number of carbonyl (C=O) groups is 1. The number of aromatic nitrogens is 5. The predicted octanol–water partition coefficient (Wildman–Crippen LogP) is 2.58. The molecule has 254 valence electrons. The first-order valence-corrected chi connectivity index (χ1v) is 19.1. The fourth-order valence-corrected chi connectivity index (χ4v) is 9.74. The molecule has 0 bridgehead atoms. The number of phosphoric ester groups is 1. The number of hydrogen-bond acceptors (Lipinski definition) is 16. The SMILES string of the molecule is CC(C)(C)c1nc(NC(=O)C2OC3C(COP(=O)(O)OP(=O)(O)OP(=O)(O)O)OC(n4cnc5c(=S)nc(N)[nH]c54)C3O2)sc1Br. The Morgan fingerprint density at radius 1 is 1.15 bits per heavy atom. The van der Waals surface area contributed by atoms with Gasteiger partial charge in [-0.3, -0.25) is 19.2 Å². The summed E-state index contributed by atoms with van der Waals surface area (Å²) in [6.07, 6.45) is -5.00. The zero-order valence-corrected chi connectivity index (χ0v) is 29.3. The van der Waals surface area contributed by atoms with E-state index in [2.05, 4.69) is 49.8 Å². The standard InChI is InChI=1S/C19H25BrN7O14P3S2/c1-19(2,3)10-11(20)46-18(23-10)25-13(28)16-38-8-6(4-36-43(32,33)41-44(34,35)40-42(29,30)31)37-15(9(8)39-16)27-5-22-7-12(27)24-17(21)26-14(7)45/h5-6,8-9,15-16H,4H2,1-3H3,(H,32,33)(H,34,35)(H,23,25,28)(H2,29,30,31)(H3,21,24,26,45). The summed E-state index contributed by atoms with van der Waals surface area (Å²) in [5.74, 6) is -0.798. The minimum absolute atomic E-state index is 0.0527. The van der Waals surface area contributed by atoms with Crippen molar-refractivity contribution in [3.63, 3.8) is 0 Å². The number of nitrogen functional groups attached to an aromatic ring is 1. The summed E-state index contributed by atoms with van der Waals surface area (Å²) in [5, 5.41) is 2.88. The highest BCUT2D eigenvalue weighted by atomic mass is 79.9. The van der Waals surface area contributed by atoms with Crippen LogP contribution in [0, 0.1) is 4.64 Å². The van der Waals surface area contributed by atoms with Gasteiger partial charge >= 0.3 is 23.5 Å². The quantitative estimate of drug-likeness (QED) is 0.114. The first-order chi connectivity index (χ1) is 21.1. The van der Waals surface area contributed by atoms with E-state index in [1.165, 1.54) is 22.2 Å². The number of phosphoric acid groups is 3. The van der Waals surface area contributed by atoms with Gasteiger partial charge in [0.1, 0.15) is 29.5 Å². The number of anilines is 2. The van der Waals surface area contributed by atoms with Crippen molar-refractivity contribution >= 4 is 91.1 Å². The minimum atomic E-state index is -5.78. The van der Waals surface area contributed by atoms with Gasteiger partial charge in [-0.05, 0) is 15.9 Å². The van der Waals surface area contributed by atoms with E-state index < -0.39 is 66.8 Å². The van der Waals surface area contributed by atoms with Crippen molar-refractivity contribution in [3.8, 4) is 0 Å². The van der Waals surface area contributed by atoms with Crippen molar-refractivity contribution in [2.45, 2.75) is 57.0 Å². The van der Waals surface area contributed by atoms with Crippen molar-refractivity contribution in [1.29, 1.82) is 0 Å². The Labute approximate surface area is 275 Å². The van der Waals surface area contributed by atoms with E-state index in [1.807, 2.05) is 20.8 Å². The molecule has 3 aromatic heterocycles. The molecule has 0 radical (unpaired) electrons. The van der Waals surface area contributed by atoms with Gasteiger partial charge in [-0.1, -0.05) is 44.3 Å². The van der Waals surface area contributed by atoms with Gasteiger partial charge in [0.2, 0.25) is 6.29 Å². The number of halogens is 1. The van der Waals surface area contributed by atoms with Gasteiger partial charge < -0.3 is 44.5 Å². The van der Waals surface area contributed by atoms with Gasteiger partial charge in [-0.15, -0.1) is 0 Å². The molecule has 27 heteroatoms. The third-order valence-corrected chi connectivity index (χ3v) is 11.9. The molecule has 1 amide bonds. The third-order valence-electron chi connectivity index (χ3n) is 6.14. The maximum absolute atomic E-state index is 13.2. The number of ether oxygens (including phenoxy) is 3. The Morgan fingerprint density at radius 3 is 2.46 bits per heavy atom. The molecule has 46 heavy (non-hydrogen) atoms. The molecule has 3 aromatic rings. The molecule has 0 aliphatic carbocycles. The lowest BCUT2D eigenvalue weighted by Crippen LogP contribution is -2.34. The van der Waals surface area contributed by atoms with Crippen LogP contribution in [0.25, 0.3) is 11.2 Å². The van der Waals surface area contributed by atoms with Crippen LogP contribution in [0.1, 0.15) is 32.7 Å². The summed E-state index contributed by atoms with van der Waals surface area (Å²) < 4.78 is 67.3. The summed E-state index contributed by atoms with van der Waals surface area (Å²) in [6.45, 7) is 4.95. The van der Waals surface area contributed by atoms with Gasteiger partial charge in [0.15, 0.2) is 21.9 Å². The number of nitrogens with zero attached hydrogens (tertiary/aromatic N) is 4. The zero-order chi connectivity index (χ0) is 34.0. The number of H-pyrrole nitrogens is 1. The highest BCUT2D eigenvalue weighted by molar-refractivity contribution is 9.11. The van der Waals surface area contributed by atoms with E-state index >= 15 is 0 Å². The third kappa shape index (κ3) is 8.00. The Hall–Kier alpha value is -1.56. The van der Waals surface area contributed by atoms with E-state index in [0.29, 0.717) is 9.48 Å². The van der Waals surface area contributed by atoms with Crippen LogP contribution in [-0.4, -0.2) is 81.2 Å². The van der Waals surface area contributed by atoms with E-state index in [4.69, 9.17) is 46.5 Å². The molecule has 0 saturated carbocycles. The molecule has 8 N–H and O–H groups in total. The van der Waals surface area contributed by atoms with Crippen molar-refractivity contribution in [3.05, 3.63) is 20.4 Å². The van der Waals surface area contributed by atoms with Crippen molar-refractivity contribution in [1.82, 2.24) is 24.5 Å². The summed E-state index contributed by atoms with van der Waals surface area (Å²) in [4.78, 5) is 65.6. The zero-order valence-electron chi connectivity index (χ0n) is 23.4. The van der Waals surface area contributed by atoms with Crippen LogP contribution in [0.4, 0.5) is 11.1 Å². The molecule has 5 rings (SSSR count). The molecule has 0 aromatic carbocycles. The molecule has 7 atom stereocenters. The number of aromatic amines is 1. The molecule has 21 nitrogen and oxygen atoms in total. The largest absolute Gasteiger partial charge is 0.490 e. The van der Waals surface area contributed by atoms with Gasteiger partial charge in [-0.2, -0.15) is 8.62 Å². The average Bonchev–Trinajstić information content (AvgIpc) is 3.63. The lowest BCUT2D eigenvalue weighted by atomic mass is 9.93. The number of fused-ring (bicyclic) bond motifs is 2. The number of carbonyl (C=O) groups excluding carboxylic acids is 1. The number of amides is 1. The molecule has 5 heterocycles. The number of hydrogen-bond donors (Lipinski definition) is 7. The van der Waals surface area contributed by atoms with Gasteiger partial charge in [0.05, 0.1) is 22.4 Å². The van der Waals surface area contributed by atoms with Crippen LogP contribution in [-0.2, 0) is 51.3 Å². The summed E-state index contributed by atoms with van der Waals surface area (Å²) >= 11 is 9.83. The molecule has 0 spiro atoms. The molecular formula is C19H25BrN7O14P3S2. The topological polar surface area (TPSA) is 302 Å². The molecular weight excluding hydrogens is 787 g/mol.